The molecule has 0 aromatic carbocycles. The first-order chi connectivity index (χ1) is 8.72. The Balaban J connectivity index is 1.90. The minimum atomic E-state index is -0.211. The van der Waals surface area contributed by atoms with Crippen molar-refractivity contribution in [3.05, 3.63) is 0 Å². The first-order valence-electron chi connectivity index (χ1n) is 6.89. The summed E-state index contributed by atoms with van der Waals surface area (Å²) in [5.74, 6) is 0.0732. The summed E-state index contributed by atoms with van der Waals surface area (Å²) in [5.41, 5.74) is 0. The maximum Gasteiger partial charge on any atom is 0.237 e. The van der Waals surface area contributed by atoms with Gasteiger partial charge < -0.3 is 10.6 Å². The first-order valence-corrected chi connectivity index (χ1v) is 6.89. The Hall–Kier alpha value is -1.12. The first kappa shape index (κ1) is 13.3. The van der Waals surface area contributed by atoms with Crippen molar-refractivity contribution in [2.24, 2.45) is 0 Å². The molecule has 1 saturated carbocycles. The molecule has 1 amide bonds. The molecular weight excluding hydrogens is 228 g/mol. The highest BCUT2D eigenvalue weighted by molar-refractivity contribution is 5.81. The summed E-state index contributed by atoms with van der Waals surface area (Å²) in [6, 6.07) is 2.21. The van der Waals surface area contributed by atoms with Crippen LogP contribution in [0.5, 0.6) is 0 Å². The smallest absolute Gasteiger partial charge is 0.237 e. The van der Waals surface area contributed by atoms with Crippen molar-refractivity contribution in [1.82, 2.24) is 15.5 Å². The van der Waals surface area contributed by atoms with Gasteiger partial charge in [-0.05, 0) is 19.8 Å². The highest BCUT2D eigenvalue weighted by Gasteiger charge is 2.31. The summed E-state index contributed by atoms with van der Waals surface area (Å²) >= 11 is 0. The number of amides is 1. The van der Waals surface area contributed by atoms with E-state index in [1.165, 1.54) is 12.8 Å². The van der Waals surface area contributed by atoms with Crippen LogP contribution in [0.3, 0.4) is 0 Å². The van der Waals surface area contributed by atoms with Crippen LogP contribution >= 0.6 is 0 Å². The van der Waals surface area contributed by atoms with Crippen LogP contribution in [0.1, 0.15) is 32.6 Å². The standard InChI is InChI=1S/C13H22N4O/c1-10(13(18)16-11-4-2-3-5-11)17-7-6-15-9-12(17)8-14/h10-12,15H,2-7,9H2,1H3,(H,16,18). The molecule has 5 nitrogen and oxygen atoms in total. The van der Waals surface area contributed by atoms with Crippen molar-refractivity contribution in [1.29, 1.82) is 5.26 Å². The third-order valence-corrected chi connectivity index (χ3v) is 4.01. The molecule has 1 aliphatic heterocycles. The van der Waals surface area contributed by atoms with E-state index >= 15 is 0 Å². The van der Waals surface area contributed by atoms with Crippen molar-refractivity contribution in [3.8, 4) is 6.07 Å². The van der Waals surface area contributed by atoms with E-state index in [0.717, 1.165) is 25.9 Å². The fourth-order valence-corrected chi connectivity index (χ4v) is 2.85. The van der Waals surface area contributed by atoms with Crippen molar-refractivity contribution in [2.75, 3.05) is 19.6 Å². The number of hydrogen-bond donors (Lipinski definition) is 2. The number of nitriles is 1. The average molecular weight is 250 g/mol. The highest BCUT2D eigenvalue weighted by atomic mass is 16.2. The molecule has 1 aliphatic carbocycles. The molecule has 100 valence electrons. The molecule has 0 bridgehead atoms. The largest absolute Gasteiger partial charge is 0.352 e. The lowest BCUT2D eigenvalue weighted by molar-refractivity contribution is -0.127. The lowest BCUT2D eigenvalue weighted by Crippen LogP contribution is -2.58. The Morgan fingerprint density at radius 1 is 1.50 bits per heavy atom. The summed E-state index contributed by atoms with van der Waals surface area (Å²) in [6.45, 7) is 4.16. The maximum atomic E-state index is 12.2. The van der Waals surface area contributed by atoms with Gasteiger partial charge in [-0.1, -0.05) is 12.8 Å². The van der Waals surface area contributed by atoms with Gasteiger partial charge in [0.05, 0.1) is 12.1 Å². The van der Waals surface area contributed by atoms with Gasteiger partial charge in [-0.15, -0.1) is 0 Å². The van der Waals surface area contributed by atoms with E-state index in [1.54, 1.807) is 0 Å². The van der Waals surface area contributed by atoms with Gasteiger partial charge in [0.15, 0.2) is 0 Å². The zero-order valence-corrected chi connectivity index (χ0v) is 11.0. The minimum Gasteiger partial charge on any atom is -0.352 e. The molecule has 0 aromatic heterocycles. The molecule has 2 rings (SSSR count). The molecule has 2 fully saturated rings. The van der Waals surface area contributed by atoms with E-state index in [-0.39, 0.29) is 18.0 Å². The van der Waals surface area contributed by atoms with Gasteiger partial charge in [0, 0.05) is 25.7 Å². The lowest BCUT2D eigenvalue weighted by atomic mass is 10.1. The zero-order chi connectivity index (χ0) is 13.0. The monoisotopic (exact) mass is 250 g/mol. The summed E-state index contributed by atoms with van der Waals surface area (Å²) in [5, 5.41) is 15.4. The van der Waals surface area contributed by atoms with Crippen molar-refractivity contribution in [2.45, 2.75) is 50.7 Å². The number of nitrogens with one attached hydrogen (secondary N) is 2. The number of piperazine rings is 1. The van der Waals surface area contributed by atoms with Crippen LogP contribution in [0.2, 0.25) is 0 Å². The van der Waals surface area contributed by atoms with E-state index in [0.29, 0.717) is 12.6 Å². The van der Waals surface area contributed by atoms with E-state index in [9.17, 15) is 4.79 Å². The molecule has 0 radical (unpaired) electrons. The molecule has 0 spiro atoms. The van der Waals surface area contributed by atoms with Crippen LogP contribution in [-0.4, -0.2) is 48.6 Å². The van der Waals surface area contributed by atoms with Crippen LogP contribution < -0.4 is 10.6 Å². The molecule has 2 aliphatic rings. The molecule has 1 heterocycles. The van der Waals surface area contributed by atoms with Gasteiger partial charge in [-0.25, -0.2) is 0 Å². The molecule has 2 N–H and O–H groups in total. The number of carbonyl (C=O) groups excluding carboxylic acids is 1. The summed E-state index contributed by atoms with van der Waals surface area (Å²) in [6.07, 6.45) is 4.63. The Kier molecular flexibility index (Phi) is 4.56. The van der Waals surface area contributed by atoms with Crippen LogP contribution in [0.25, 0.3) is 0 Å². The lowest BCUT2D eigenvalue weighted by Gasteiger charge is -2.36. The minimum absolute atomic E-state index is 0.0732. The molecule has 5 heteroatoms. The van der Waals surface area contributed by atoms with Crippen LogP contribution in [0.4, 0.5) is 0 Å². The number of rotatable bonds is 3. The van der Waals surface area contributed by atoms with Crippen LogP contribution in [0.15, 0.2) is 0 Å². The second-order valence-electron chi connectivity index (χ2n) is 5.25. The van der Waals surface area contributed by atoms with Gasteiger partial charge in [-0.2, -0.15) is 5.26 Å². The second-order valence-corrected chi connectivity index (χ2v) is 5.25. The van der Waals surface area contributed by atoms with Gasteiger partial charge >= 0.3 is 0 Å². The van der Waals surface area contributed by atoms with Gasteiger partial charge in [-0.3, -0.25) is 9.69 Å². The highest BCUT2D eigenvalue weighted by Crippen LogP contribution is 2.18. The van der Waals surface area contributed by atoms with Gasteiger partial charge in [0.2, 0.25) is 5.91 Å². The second kappa shape index (κ2) is 6.17. The van der Waals surface area contributed by atoms with E-state index < -0.39 is 0 Å². The molecule has 18 heavy (non-hydrogen) atoms. The zero-order valence-electron chi connectivity index (χ0n) is 11.0. The summed E-state index contributed by atoms with van der Waals surface area (Å²) in [4.78, 5) is 14.2. The number of nitrogens with zero attached hydrogens (tertiary/aromatic N) is 2. The predicted molar refractivity (Wildman–Crippen MR) is 68.8 cm³/mol. The molecule has 2 unspecified atom stereocenters. The summed E-state index contributed by atoms with van der Waals surface area (Å²) < 4.78 is 0. The van der Waals surface area contributed by atoms with Crippen molar-refractivity contribution < 1.29 is 4.79 Å². The van der Waals surface area contributed by atoms with Crippen LogP contribution in [0, 0.1) is 11.3 Å². The fourth-order valence-electron chi connectivity index (χ4n) is 2.85. The number of carbonyl (C=O) groups is 1. The SMILES string of the molecule is CC(C(=O)NC1CCCC1)N1CCNCC1C#N. The Morgan fingerprint density at radius 2 is 2.22 bits per heavy atom. The normalized spacial score (nSPS) is 27.7. The Morgan fingerprint density at radius 3 is 2.89 bits per heavy atom. The van der Waals surface area contributed by atoms with E-state index in [2.05, 4.69) is 16.7 Å². The third kappa shape index (κ3) is 3.01. The Bertz CT molecular complexity index is 332. The average Bonchev–Trinajstić information content (AvgIpc) is 2.90. The maximum absolute atomic E-state index is 12.2. The van der Waals surface area contributed by atoms with Gasteiger partial charge in [0.1, 0.15) is 6.04 Å². The Labute approximate surface area is 109 Å². The van der Waals surface area contributed by atoms with Crippen molar-refractivity contribution in [3.63, 3.8) is 0 Å². The quantitative estimate of drug-likeness (QED) is 0.752. The molecule has 1 saturated heterocycles. The van der Waals surface area contributed by atoms with Crippen LogP contribution in [-0.2, 0) is 4.79 Å². The molecular formula is C13H22N4O. The fraction of sp³-hybridized carbons (Fsp3) is 0.846. The van der Waals surface area contributed by atoms with E-state index in [1.807, 2.05) is 11.8 Å². The van der Waals surface area contributed by atoms with Gasteiger partial charge in [0.25, 0.3) is 0 Å². The third-order valence-electron chi connectivity index (χ3n) is 4.01. The number of hydrogen-bond acceptors (Lipinski definition) is 4. The summed E-state index contributed by atoms with van der Waals surface area (Å²) in [7, 11) is 0. The molecule has 0 aromatic rings. The van der Waals surface area contributed by atoms with Crippen molar-refractivity contribution >= 4 is 5.91 Å². The topological polar surface area (TPSA) is 68.2 Å². The molecule has 2 atom stereocenters. The predicted octanol–water partition coefficient (Wildman–Crippen LogP) is 0.231. The van der Waals surface area contributed by atoms with E-state index in [4.69, 9.17) is 5.26 Å².